The van der Waals surface area contributed by atoms with Crippen LogP contribution in [0.15, 0.2) is 95.3 Å². The first-order valence-electron chi connectivity index (χ1n) is 14.2. The van der Waals surface area contributed by atoms with Gasteiger partial charge in [-0.2, -0.15) is 0 Å². The summed E-state index contributed by atoms with van der Waals surface area (Å²) in [6.07, 6.45) is 2.16. The average Bonchev–Trinajstić information content (AvgIpc) is 3.60. The third-order valence-electron chi connectivity index (χ3n) is 7.29. The number of nitrogens with one attached hydrogen (secondary N) is 3. The van der Waals surface area contributed by atoms with Gasteiger partial charge in [-0.05, 0) is 74.4 Å². The first kappa shape index (κ1) is 31.2. The number of rotatable bonds is 13. The molecule has 0 aliphatic carbocycles. The molecule has 230 valence electrons. The maximum Gasteiger partial charge on any atom is 0.261 e. The van der Waals surface area contributed by atoms with Gasteiger partial charge in [0.05, 0.1) is 23.1 Å². The Hall–Kier alpha value is -4.23. The van der Waals surface area contributed by atoms with Crippen LogP contribution in [0.1, 0.15) is 37.6 Å². The van der Waals surface area contributed by atoms with Crippen LogP contribution >= 0.6 is 11.3 Å². The molecule has 0 saturated carbocycles. The molecule has 6 N–H and O–H groups in total. The van der Waals surface area contributed by atoms with Crippen LogP contribution in [-0.2, 0) is 27.8 Å². The number of β-amino-alcohol motifs (C(OH)–C–C–N with tert-alkyl or cyclic N) is 1. The third kappa shape index (κ3) is 8.03. The zero-order valence-electron chi connectivity index (χ0n) is 24.5. The van der Waals surface area contributed by atoms with Crippen molar-refractivity contribution in [3.05, 3.63) is 102 Å². The van der Waals surface area contributed by atoms with E-state index in [9.17, 15) is 18.3 Å². The van der Waals surface area contributed by atoms with Crippen molar-refractivity contribution in [2.45, 2.75) is 49.8 Å². The number of amides is 1. The van der Waals surface area contributed by atoms with Gasteiger partial charge in [-0.3, -0.25) is 9.52 Å². The number of carbonyl (C=O) groups is 1. The van der Waals surface area contributed by atoms with Crippen molar-refractivity contribution in [1.29, 1.82) is 0 Å². The highest BCUT2D eigenvalue weighted by Crippen LogP contribution is 2.24. The highest BCUT2D eigenvalue weighted by molar-refractivity contribution is 7.92. The molecule has 5 rings (SSSR count). The average molecular weight is 633 g/mol. The molecule has 3 aromatic carbocycles. The quantitative estimate of drug-likeness (QED) is 0.120. The molecule has 44 heavy (non-hydrogen) atoms. The molecule has 0 saturated heterocycles. The molecule has 0 spiro atoms. The Balaban J connectivity index is 1.14. The second kappa shape index (κ2) is 13.2. The van der Waals surface area contributed by atoms with Crippen LogP contribution in [0.3, 0.4) is 0 Å². The van der Waals surface area contributed by atoms with Gasteiger partial charge in [-0.25, -0.2) is 13.4 Å². The summed E-state index contributed by atoms with van der Waals surface area (Å²) < 4.78 is 30.2. The Kier molecular flexibility index (Phi) is 9.35. The van der Waals surface area contributed by atoms with Crippen molar-refractivity contribution in [2.24, 2.45) is 0 Å². The molecule has 5 aromatic rings. The highest BCUT2D eigenvalue weighted by Gasteiger charge is 2.21. The summed E-state index contributed by atoms with van der Waals surface area (Å²) in [4.78, 5) is 16.7. The van der Waals surface area contributed by atoms with E-state index in [1.165, 1.54) is 23.5 Å². The Morgan fingerprint density at radius 3 is 2.59 bits per heavy atom. The van der Waals surface area contributed by atoms with E-state index in [1.54, 1.807) is 47.8 Å². The lowest BCUT2D eigenvalue weighted by molar-refractivity contribution is -0.115. The second-order valence-corrected chi connectivity index (χ2v) is 13.8. The number of benzene rings is 3. The lowest BCUT2D eigenvalue weighted by atomic mass is 9.99. The Bertz CT molecular complexity index is 1850. The third-order valence-corrected chi connectivity index (χ3v) is 9.41. The van der Waals surface area contributed by atoms with Gasteiger partial charge < -0.3 is 26.0 Å². The zero-order valence-corrected chi connectivity index (χ0v) is 26.2. The summed E-state index contributed by atoms with van der Waals surface area (Å²) in [6, 6.07) is 22.8. The van der Waals surface area contributed by atoms with Gasteiger partial charge in [0.25, 0.3) is 10.0 Å². The lowest BCUT2D eigenvalue weighted by Gasteiger charge is -2.28. The standard InChI is InChI=1S/C32H36N6O4S2/c1-32(2,34-20-29(39)23-7-6-8-25(18-23)37-44(41,42)27-9-4-3-5-10-27)14-16-38-15-13-22-17-24(11-12-28(22)38)35-30(40)19-26-21-43-31(33)36-26/h3-13,15,17-18,21,29,34,37,39H,14,16,19-20H2,1-2H3,(H2,33,36)(H,35,40)/t29-/m0/s1. The molecule has 12 heteroatoms. The summed E-state index contributed by atoms with van der Waals surface area (Å²) in [5.74, 6) is -0.149. The molecule has 0 aliphatic heterocycles. The molecule has 1 amide bonds. The smallest absolute Gasteiger partial charge is 0.261 e. The summed E-state index contributed by atoms with van der Waals surface area (Å²) in [6.45, 7) is 5.21. The van der Waals surface area contributed by atoms with Crippen LogP contribution in [0.5, 0.6) is 0 Å². The van der Waals surface area contributed by atoms with Crippen molar-refractivity contribution >= 4 is 54.7 Å². The normalized spacial score (nSPS) is 12.7. The number of aliphatic hydroxyl groups excluding tert-OH is 1. The largest absolute Gasteiger partial charge is 0.387 e. The maximum atomic E-state index is 12.7. The summed E-state index contributed by atoms with van der Waals surface area (Å²) in [5, 5.41) is 20.5. The van der Waals surface area contributed by atoms with Gasteiger partial charge in [0.15, 0.2) is 5.13 Å². The number of aliphatic hydroxyl groups is 1. The number of nitrogen functional groups attached to an aromatic ring is 1. The number of fused-ring (bicyclic) bond motifs is 1. The van der Waals surface area contributed by atoms with Crippen molar-refractivity contribution in [3.8, 4) is 0 Å². The van der Waals surface area contributed by atoms with E-state index < -0.39 is 16.1 Å². The second-order valence-electron chi connectivity index (χ2n) is 11.3. The van der Waals surface area contributed by atoms with Crippen molar-refractivity contribution in [3.63, 3.8) is 0 Å². The minimum Gasteiger partial charge on any atom is -0.387 e. The maximum absolute atomic E-state index is 12.7. The number of nitrogens with zero attached hydrogens (tertiary/aromatic N) is 2. The number of anilines is 3. The van der Waals surface area contributed by atoms with E-state index in [0.29, 0.717) is 28.6 Å². The molecule has 0 aliphatic rings. The van der Waals surface area contributed by atoms with Crippen LogP contribution in [-0.4, -0.2) is 41.1 Å². The van der Waals surface area contributed by atoms with Crippen LogP contribution in [0.2, 0.25) is 0 Å². The number of nitrogens with two attached hydrogens (primary N) is 1. The summed E-state index contributed by atoms with van der Waals surface area (Å²) in [5.41, 5.74) is 8.78. The number of carbonyl (C=O) groups excluding carboxylic acids is 1. The Morgan fingerprint density at radius 2 is 1.84 bits per heavy atom. The minimum absolute atomic E-state index is 0.149. The topological polar surface area (TPSA) is 151 Å². The number of hydrogen-bond donors (Lipinski definition) is 5. The van der Waals surface area contributed by atoms with E-state index in [0.717, 1.165) is 29.6 Å². The predicted molar refractivity (Wildman–Crippen MR) is 176 cm³/mol. The first-order valence-corrected chi connectivity index (χ1v) is 16.5. The summed E-state index contributed by atoms with van der Waals surface area (Å²) >= 11 is 1.31. The lowest BCUT2D eigenvalue weighted by Crippen LogP contribution is -2.42. The van der Waals surface area contributed by atoms with Crippen LogP contribution < -0.4 is 21.1 Å². The SMILES string of the molecule is CC(C)(CCn1ccc2cc(NC(=O)Cc3csc(N)n3)ccc21)NC[C@H](O)c1cccc(NS(=O)(=O)c2ccccc2)c1. The van der Waals surface area contributed by atoms with E-state index in [1.807, 2.05) is 30.5 Å². The fourth-order valence-electron chi connectivity index (χ4n) is 4.85. The molecule has 2 heterocycles. The van der Waals surface area contributed by atoms with Crippen LogP contribution in [0.25, 0.3) is 10.9 Å². The van der Waals surface area contributed by atoms with Gasteiger partial charge in [0, 0.05) is 52.5 Å². The van der Waals surface area contributed by atoms with E-state index in [4.69, 9.17) is 5.73 Å². The minimum atomic E-state index is -3.73. The number of sulfonamides is 1. The van der Waals surface area contributed by atoms with Gasteiger partial charge in [0.2, 0.25) is 5.91 Å². The van der Waals surface area contributed by atoms with E-state index >= 15 is 0 Å². The molecule has 10 nitrogen and oxygen atoms in total. The van der Waals surface area contributed by atoms with Crippen molar-refractivity contribution < 1.29 is 18.3 Å². The molecule has 0 radical (unpaired) electrons. The monoisotopic (exact) mass is 632 g/mol. The van der Waals surface area contributed by atoms with Crippen molar-refractivity contribution in [1.82, 2.24) is 14.9 Å². The fourth-order valence-corrected chi connectivity index (χ4v) is 6.48. The van der Waals surface area contributed by atoms with Gasteiger partial charge in [-0.1, -0.05) is 30.3 Å². The van der Waals surface area contributed by atoms with Gasteiger partial charge >= 0.3 is 0 Å². The molecular formula is C32H36N6O4S2. The van der Waals surface area contributed by atoms with Gasteiger partial charge in [-0.15, -0.1) is 11.3 Å². The van der Waals surface area contributed by atoms with Crippen LogP contribution in [0.4, 0.5) is 16.5 Å². The number of hydrogen-bond acceptors (Lipinski definition) is 8. The highest BCUT2D eigenvalue weighted by atomic mass is 32.2. The van der Waals surface area contributed by atoms with Crippen LogP contribution in [0, 0.1) is 0 Å². The van der Waals surface area contributed by atoms with Crippen molar-refractivity contribution in [2.75, 3.05) is 22.3 Å². The molecule has 1 atom stereocenters. The molecular weight excluding hydrogens is 597 g/mol. The zero-order chi connectivity index (χ0) is 31.3. The predicted octanol–water partition coefficient (Wildman–Crippen LogP) is 5.15. The van der Waals surface area contributed by atoms with E-state index in [2.05, 4.69) is 38.8 Å². The Morgan fingerprint density at radius 1 is 1.05 bits per heavy atom. The molecule has 0 unspecified atom stereocenters. The molecule has 0 bridgehead atoms. The number of thiazole rings is 1. The summed E-state index contributed by atoms with van der Waals surface area (Å²) in [7, 11) is -3.73. The number of aromatic nitrogens is 2. The van der Waals surface area contributed by atoms with E-state index in [-0.39, 0.29) is 22.8 Å². The van der Waals surface area contributed by atoms with Gasteiger partial charge in [0.1, 0.15) is 0 Å². The number of aryl methyl sites for hydroxylation is 1. The Labute approximate surface area is 261 Å². The fraction of sp³-hybridized carbons (Fsp3) is 0.250. The molecule has 2 aromatic heterocycles. The molecule has 0 fully saturated rings. The first-order chi connectivity index (χ1) is 21.0.